The number of hydrogen-bond acceptors (Lipinski definition) is 3. The average molecular weight is 375 g/mol. The maximum Gasteiger partial charge on any atom is 0.339 e. The SMILES string of the molecule is Cc1nn(-c2ncc(Br)cc2Br)c(C)c1C(=O)O. The summed E-state index contributed by atoms with van der Waals surface area (Å²) < 4.78 is 3.09. The summed E-state index contributed by atoms with van der Waals surface area (Å²) in [7, 11) is 0. The summed E-state index contributed by atoms with van der Waals surface area (Å²) in [6.45, 7) is 3.37. The fourth-order valence-corrected chi connectivity index (χ4v) is 2.88. The van der Waals surface area contributed by atoms with Crippen molar-refractivity contribution in [3.8, 4) is 5.82 Å². The van der Waals surface area contributed by atoms with Crippen molar-refractivity contribution < 1.29 is 9.90 Å². The van der Waals surface area contributed by atoms with Crippen molar-refractivity contribution in [1.29, 1.82) is 0 Å². The van der Waals surface area contributed by atoms with E-state index >= 15 is 0 Å². The molecule has 0 aliphatic rings. The molecular weight excluding hydrogens is 366 g/mol. The molecule has 0 saturated heterocycles. The number of aromatic nitrogens is 3. The number of aryl methyl sites for hydroxylation is 1. The Bertz CT molecular complexity index is 637. The molecule has 2 rings (SSSR count). The van der Waals surface area contributed by atoms with Crippen LogP contribution < -0.4 is 0 Å². The van der Waals surface area contributed by atoms with Crippen LogP contribution >= 0.6 is 31.9 Å². The second kappa shape index (κ2) is 4.81. The van der Waals surface area contributed by atoms with Gasteiger partial charge in [0.05, 0.1) is 15.9 Å². The molecule has 2 aromatic heterocycles. The maximum absolute atomic E-state index is 11.1. The normalized spacial score (nSPS) is 10.7. The van der Waals surface area contributed by atoms with Crippen molar-refractivity contribution in [2.75, 3.05) is 0 Å². The van der Waals surface area contributed by atoms with E-state index in [4.69, 9.17) is 5.11 Å². The zero-order valence-corrected chi connectivity index (χ0v) is 12.8. The third kappa shape index (κ3) is 2.20. The molecule has 0 amide bonds. The lowest BCUT2D eigenvalue weighted by Crippen LogP contribution is -2.05. The van der Waals surface area contributed by atoms with Gasteiger partial charge in [0.15, 0.2) is 5.82 Å². The fraction of sp³-hybridized carbons (Fsp3) is 0.182. The van der Waals surface area contributed by atoms with Gasteiger partial charge in [0.25, 0.3) is 0 Å². The molecular formula is C11H9Br2N3O2. The lowest BCUT2D eigenvalue weighted by molar-refractivity contribution is 0.0695. The lowest BCUT2D eigenvalue weighted by atomic mass is 10.2. The van der Waals surface area contributed by atoms with Crippen molar-refractivity contribution >= 4 is 37.8 Å². The Balaban J connectivity index is 2.65. The topological polar surface area (TPSA) is 68.0 Å². The van der Waals surface area contributed by atoms with E-state index in [9.17, 15) is 4.79 Å². The van der Waals surface area contributed by atoms with Crippen LogP contribution in [0.2, 0.25) is 0 Å². The second-order valence-electron chi connectivity index (χ2n) is 3.72. The number of carboxylic acids is 1. The summed E-state index contributed by atoms with van der Waals surface area (Å²) in [5.74, 6) is -0.421. The highest BCUT2D eigenvalue weighted by molar-refractivity contribution is 9.11. The first kappa shape index (κ1) is 13.2. The van der Waals surface area contributed by atoms with Crippen LogP contribution in [0.1, 0.15) is 21.7 Å². The molecule has 18 heavy (non-hydrogen) atoms. The molecule has 0 radical (unpaired) electrons. The van der Waals surface area contributed by atoms with Gasteiger partial charge in [-0.2, -0.15) is 5.10 Å². The predicted molar refractivity (Wildman–Crippen MR) is 73.2 cm³/mol. The molecule has 0 aliphatic carbocycles. The highest BCUT2D eigenvalue weighted by Crippen LogP contribution is 2.25. The van der Waals surface area contributed by atoms with Gasteiger partial charge in [-0.1, -0.05) is 0 Å². The van der Waals surface area contributed by atoms with Crippen molar-refractivity contribution in [1.82, 2.24) is 14.8 Å². The minimum atomic E-state index is -0.982. The number of halogens is 2. The Morgan fingerprint density at radius 1 is 1.39 bits per heavy atom. The largest absolute Gasteiger partial charge is 0.478 e. The molecule has 0 bridgehead atoms. The number of carboxylic acid groups (broad SMARTS) is 1. The molecule has 2 heterocycles. The Morgan fingerprint density at radius 3 is 2.56 bits per heavy atom. The summed E-state index contributed by atoms with van der Waals surface area (Å²) in [5.41, 5.74) is 1.23. The monoisotopic (exact) mass is 373 g/mol. The number of rotatable bonds is 2. The molecule has 94 valence electrons. The van der Waals surface area contributed by atoms with Crippen LogP contribution in [0.25, 0.3) is 5.82 Å². The van der Waals surface area contributed by atoms with E-state index in [0.717, 1.165) is 8.95 Å². The number of carbonyl (C=O) groups is 1. The van der Waals surface area contributed by atoms with E-state index in [1.54, 1.807) is 20.0 Å². The van der Waals surface area contributed by atoms with Gasteiger partial charge in [-0.05, 0) is 51.8 Å². The Kier molecular flexibility index (Phi) is 3.54. The summed E-state index contributed by atoms with van der Waals surface area (Å²) in [5, 5.41) is 13.3. The van der Waals surface area contributed by atoms with Gasteiger partial charge >= 0.3 is 5.97 Å². The number of aromatic carboxylic acids is 1. The van der Waals surface area contributed by atoms with Gasteiger partial charge in [0, 0.05) is 10.7 Å². The van der Waals surface area contributed by atoms with E-state index < -0.39 is 5.97 Å². The number of nitrogens with zero attached hydrogens (tertiary/aromatic N) is 3. The van der Waals surface area contributed by atoms with E-state index in [1.807, 2.05) is 6.07 Å². The summed E-state index contributed by atoms with van der Waals surface area (Å²) in [4.78, 5) is 15.4. The van der Waals surface area contributed by atoms with Gasteiger partial charge in [-0.3, -0.25) is 0 Å². The third-order valence-electron chi connectivity index (χ3n) is 2.49. The Morgan fingerprint density at radius 2 is 2.06 bits per heavy atom. The second-order valence-corrected chi connectivity index (χ2v) is 5.49. The van der Waals surface area contributed by atoms with Crippen molar-refractivity contribution in [2.45, 2.75) is 13.8 Å². The molecule has 0 aliphatic heterocycles. The van der Waals surface area contributed by atoms with Gasteiger partial charge in [-0.25, -0.2) is 14.5 Å². The molecule has 0 aromatic carbocycles. The molecule has 0 atom stereocenters. The first-order valence-electron chi connectivity index (χ1n) is 5.02. The fourth-order valence-electron chi connectivity index (χ4n) is 1.72. The molecule has 0 saturated carbocycles. The predicted octanol–water partition coefficient (Wildman–Crippen LogP) is 3.11. The maximum atomic E-state index is 11.1. The summed E-state index contributed by atoms with van der Waals surface area (Å²) >= 11 is 6.70. The number of pyridine rings is 1. The standard InChI is InChI=1S/C11H9Br2N3O2/c1-5-9(11(17)18)6(2)16(15-5)10-8(13)3-7(12)4-14-10/h3-4H,1-2H3,(H,17,18). The van der Waals surface area contributed by atoms with Crippen molar-refractivity contribution in [2.24, 2.45) is 0 Å². The average Bonchev–Trinajstić information content (AvgIpc) is 2.54. The Hall–Kier alpha value is -1.21. The highest BCUT2D eigenvalue weighted by Gasteiger charge is 2.20. The van der Waals surface area contributed by atoms with E-state index in [1.165, 1.54) is 4.68 Å². The zero-order valence-electron chi connectivity index (χ0n) is 9.61. The Labute approximate surface area is 120 Å². The summed E-state index contributed by atoms with van der Waals surface area (Å²) in [6.07, 6.45) is 1.64. The van der Waals surface area contributed by atoms with E-state index in [-0.39, 0.29) is 5.56 Å². The van der Waals surface area contributed by atoms with E-state index in [0.29, 0.717) is 17.2 Å². The molecule has 1 N–H and O–H groups in total. The van der Waals surface area contributed by atoms with Crippen LogP contribution in [0.3, 0.4) is 0 Å². The van der Waals surface area contributed by atoms with Gasteiger partial charge in [-0.15, -0.1) is 0 Å². The first-order valence-corrected chi connectivity index (χ1v) is 6.61. The highest BCUT2D eigenvalue weighted by atomic mass is 79.9. The lowest BCUT2D eigenvalue weighted by Gasteiger charge is -2.06. The third-order valence-corrected chi connectivity index (χ3v) is 3.51. The van der Waals surface area contributed by atoms with Crippen LogP contribution in [-0.4, -0.2) is 25.8 Å². The van der Waals surface area contributed by atoms with Gasteiger partial charge < -0.3 is 5.11 Å². The molecule has 5 nitrogen and oxygen atoms in total. The van der Waals surface area contributed by atoms with Crippen LogP contribution in [-0.2, 0) is 0 Å². The minimum absolute atomic E-state index is 0.214. The van der Waals surface area contributed by atoms with E-state index in [2.05, 4.69) is 41.9 Å². The molecule has 2 aromatic rings. The van der Waals surface area contributed by atoms with Crippen LogP contribution in [0.4, 0.5) is 0 Å². The van der Waals surface area contributed by atoms with Crippen molar-refractivity contribution in [3.05, 3.63) is 38.2 Å². The molecule has 7 heteroatoms. The zero-order chi connectivity index (χ0) is 13.4. The van der Waals surface area contributed by atoms with Crippen LogP contribution in [0, 0.1) is 13.8 Å². The molecule has 0 unspecified atom stereocenters. The van der Waals surface area contributed by atoms with Crippen LogP contribution in [0.15, 0.2) is 21.2 Å². The summed E-state index contributed by atoms with van der Waals surface area (Å²) in [6, 6.07) is 1.83. The van der Waals surface area contributed by atoms with Crippen LogP contribution in [0.5, 0.6) is 0 Å². The molecule has 0 fully saturated rings. The van der Waals surface area contributed by atoms with Crippen molar-refractivity contribution in [3.63, 3.8) is 0 Å². The molecule has 0 spiro atoms. The van der Waals surface area contributed by atoms with Gasteiger partial charge in [0.1, 0.15) is 5.56 Å². The minimum Gasteiger partial charge on any atom is -0.478 e. The van der Waals surface area contributed by atoms with Gasteiger partial charge in [0.2, 0.25) is 0 Å². The number of hydrogen-bond donors (Lipinski definition) is 1. The quantitative estimate of drug-likeness (QED) is 0.876. The first-order chi connectivity index (χ1) is 8.41. The smallest absolute Gasteiger partial charge is 0.339 e.